The zero-order valence-electron chi connectivity index (χ0n) is 10.7. The molecule has 0 aliphatic heterocycles. The number of ether oxygens (including phenoxy) is 1. The highest BCUT2D eigenvalue weighted by Gasteiger charge is 2.23. The Morgan fingerprint density at radius 2 is 2.17 bits per heavy atom. The van der Waals surface area contributed by atoms with Gasteiger partial charge in [0.2, 0.25) is 0 Å². The van der Waals surface area contributed by atoms with E-state index in [1.165, 1.54) is 19.2 Å². The predicted octanol–water partition coefficient (Wildman–Crippen LogP) is 3.05. The normalized spacial score (nSPS) is 12.6. The molecule has 1 atom stereocenters. The van der Waals surface area contributed by atoms with Crippen molar-refractivity contribution in [2.75, 3.05) is 13.7 Å². The third kappa shape index (κ3) is 4.07. The van der Waals surface area contributed by atoms with E-state index in [0.717, 1.165) is 0 Å². The number of nitrogens with one attached hydrogen (secondary N) is 1. The minimum absolute atomic E-state index is 0.379. The highest BCUT2D eigenvalue weighted by molar-refractivity contribution is 9.10. The highest BCUT2D eigenvalue weighted by Crippen LogP contribution is 2.25. The topological polar surface area (TPSA) is 38.3 Å². The van der Waals surface area contributed by atoms with Gasteiger partial charge in [-0.15, -0.1) is 0 Å². The molecule has 0 amide bonds. The Morgan fingerprint density at radius 3 is 2.72 bits per heavy atom. The lowest BCUT2D eigenvalue weighted by molar-refractivity contribution is -0.143. The smallest absolute Gasteiger partial charge is 0.327 e. The second kappa shape index (κ2) is 6.85. The first-order valence-corrected chi connectivity index (χ1v) is 6.51. The number of halogens is 2. The number of hydrogen-bond donors (Lipinski definition) is 1. The first-order chi connectivity index (χ1) is 8.45. The van der Waals surface area contributed by atoms with Crippen LogP contribution < -0.4 is 5.32 Å². The van der Waals surface area contributed by atoms with Gasteiger partial charge in [-0.1, -0.05) is 29.8 Å². The molecule has 0 saturated heterocycles. The summed E-state index contributed by atoms with van der Waals surface area (Å²) in [4.78, 5) is 11.8. The van der Waals surface area contributed by atoms with Gasteiger partial charge in [-0.3, -0.25) is 0 Å². The molecule has 0 bridgehead atoms. The molecular weight excluding hydrogens is 301 g/mol. The molecule has 100 valence electrons. The molecule has 0 aromatic heterocycles. The zero-order chi connectivity index (χ0) is 13.7. The average molecular weight is 318 g/mol. The number of carbonyl (C=O) groups is 1. The lowest BCUT2D eigenvalue weighted by Gasteiger charge is -2.19. The van der Waals surface area contributed by atoms with Crippen LogP contribution in [0.5, 0.6) is 0 Å². The first-order valence-electron chi connectivity index (χ1n) is 5.72. The minimum atomic E-state index is -0.664. The SMILES string of the molecule is COC(=O)C(NCC(C)C)c1cc(F)ccc1Br. The maximum Gasteiger partial charge on any atom is 0.327 e. The van der Waals surface area contributed by atoms with E-state index in [1.807, 2.05) is 13.8 Å². The van der Waals surface area contributed by atoms with Crippen LogP contribution in [0.15, 0.2) is 22.7 Å². The molecular formula is C13H17BrFNO2. The number of hydrogen-bond acceptors (Lipinski definition) is 3. The van der Waals surface area contributed by atoms with Crippen molar-refractivity contribution in [1.82, 2.24) is 5.32 Å². The van der Waals surface area contributed by atoms with Crippen LogP contribution in [0.25, 0.3) is 0 Å². The van der Waals surface area contributed by atoms with E-state index in [0.29, 0.717) is 22.5 Å². The average Bonchev–Trinajstić information content (AvgIpc) is 2.32. The van der Waals surface area contributed by atoms with Crippen molar-refractivity contribution in [1.29, 1.82) is 0 Å². The fraction of sp³-hybridized carbons (Fsp3) is 0.462. The maximum absolute atomic E-state index is 13.3. The summed E-state index contributed by atoms with van der Waals surface area (Å²) >= 11 is 3.32. The van der Waals surface area contributed by atoms with Crippen molar-refractivity contribution in [3.8, 4) is 0 Å². The van der Waals surface area contributed by atoms with E-state index in [-0.39, 0.29) is 5.82 Å². The van der Waals surface area contributed by atoms with Crippen LogP contribution in [0.3, 0.4) is 0 Å². The Hall–Kier alpha value is -0.940. The van der Waals surface area contributed by atoms with Gasteiger partial charge in [0.05, 0.1) is 7.11 Å². The van der Waals surface area contributed by atoms with E-state index >= 15 is 0 Å². The van der Waals surface area contributed by atoms with Crippen LogP contribution in [0.2, 0.25) is 0 Å². The van der Waals surface area contributed by atoms with Crippen molar-refractivity contribution in [2.45, 2.75) is 19.9 Å². The van der Waals surface area contributed by atoms with Crippen LogP contribution in [-0.2, 0) is 9.53 Å². The summed E-state index contributed by atoms with van der Waals surface area (Å²) in [7, 11) is 1.32. The molecule has 3 nitrogen and oxygen atoms in total. The van der Waals surface area contributed by atoms with Crippen LogP contribution in [-0.4, -0.2) is 19.6 Å². The van der Waals surface area contributed by atoms with Gasteiger partial charge >= 0.3 is 5.97 Å². The summed E-state index contributed by atoms with van der Waals surface area (Å²) in [5, 5.41) is 3.08. The van der Waals surface area contributed by atoms with Crippen molar-refractivity contribution in [2.24, 2.45) is 5.92 Å². The molecule has 1 unspecified atom stereocenters. The third-order valence-corrected chi connectivity index (χ3v) is 3.16. The Bertz CT molecular complexity index is 423. The molecule has 0 radical (unpaired) electrons. The maximum atomic E-state index is 13.3. The van der Waals surface area contributed by atoms with Gasteiger partial charge < -0.3 is 10.1 Å². The molecule has 1 rings (SSSR count). The van der Waals surface area contributed by atoms with Gasteiger partial charge in [0, 0.05) is 4.47 Å². The number of rotatable bonds is 5. The predicted molar refractivity (Wildman–Crippen MR) is 71.7 cm³/mol. The second-order valence-electron chi connectivity index (χ2n) is 4.42. The fourth-order valence-corrected chi connectivity index (χ4v) is 2.00. The van der Waals surface area contributed by atoms with Gasteiger partial charge in [0.25, 0.3) is 0 Å². The number of carbonyl (C=O) groups excluding carboxylic acids is 1. The quantitative estimate of drug-likeness (QED) is 0.848. The van der Waals surface area contributed by atoms with Crippen molar-refractivity contribution in [3.63, 3.8) is 0 Å². The third-order valence-electron chi connectivity index (χ3n) is 2.44. The number of methoxy groups -OCH3 is 1. The van der Waals surface area contributed by atoms with E-state index in [9.17, 15) is 9.18 Å². The fourth-order valence-electron chi connectivity index (χ4n) is 1.53. The molecule has 1 aromatic carbocycles. The van der Waals surface area contributed by atoms with Gasteiger partial charge in [-0.25, -0.2) is 9.18 Å². The lowest BCUT2D eigenvalue weighted by atomic mass is 10.1. The molecule has 0 spiro atoms. The Balaban J connectivity index is 3.01. The van der Waals surface area contributed by atoms with Gasteiger partial charge in [-0.05, 0) is 36.2 Å². The zero-order valence-corrected chi connectivity index (χ0v) is 12.3. The van der Waals surface area contributed by atoms with Crippen LogP contribution >= 0.6 is 15.9 Å². The van der Waals surface area contributed by atoms with Crippen LogP contribution in [0.1, 0.15) is 25.5 Å². The highest BCUT2D eigenvalue weighted by atomic mass is 79.9. The van der Waals surface area contributed by atoms with Crippen molar-refractivity contribution in [3.05, 3.63) is 34.1 Å². The second-order valence-corrected chi connectivity index (χ2v) is 5.28. The van der Waals surface area contributed by atoms with E-state index in [1.54, 1.807) is 6.07 Å². The Labute approximate surface area is 115 Å². The molecule has 18 heavy (non-hydrogen) atoms. The van der Waals surface area contributed by atoms with E-state index in [4.69, 9.17) is 4.74 Å². The monoisotopic (exact) mass is 317 g/mol. The standard InChI is InChI=1S/C13H17BrFNO2/c1-8(2)7-16-12(13(17)18-3)10-6-9(15)4-5-11(10)14/h4-6,8,12,16H,7H2,1-3H3. The summed E-state index contributed by atoms with van der Waals surface area (Å²) in [6, 6.07) is 3.59. The molecule has 0 aliphatic rings. The molecule has 1 aromatic rings. The largest absolute Gasteiger partial charge is 0.468 e. The van der Waals surface area contributed by atoms with Gasteiger partial charge in [-0.2, -0.15) is 0 Å². The summed E-state index contributed by atoms with van der Waals surface area (Å²) in [6.45, 7) is 4.70. The Morgan fingerprint density at radius 1 is 1.50 bits per heavy atom. The number of benzene rings is 1. The van der Waals surface area contributed by atoms with Gasteiger partial charge in [0.15, 0.2) is 0 Å². The van der Waals surface area contributed by atoms with Crippen LogP contribution in [0.4, 0.5) is 4.39 Å². The van der Waals surface area contributed by atoms with Crippen molar-refractivity contribution >= 4 is 21.9 Å². The lowest BCUT2D eigenvalue weighted by Crippen LogP contribution is -2.32. The minimum Gasteiger partial charge on any atom is -0.468 e. The van der Waals surface area contributed by atoms with Crippen molar-refractivity contribution < 1.29 is 13.9 Å². The first kappa shape index (κ1) is 15.1. The number of esters is 1. The van der Waals surface area contributed by atoms with Gasteiger partial charge in [0.1, 0.15) is 11.9 Å². The Kier molecular flexibility index (Phi) is 5.75. The summed E-state index contributed by atoms with van der Waals surface area (Å²) < 4.78 is 18.7. The summed E-state index contributed by atoms with van der Waals surface area (Å²) in [5.74, 6) is -0.431. The molecule has 0 saturated carbocycles. The van der Waals surface area contributed by atoms with Crippen LogP contribution in [0, 0.1) is 11.7 Å². The van der Waals surface area contributed by atoms with E-state index in [2.05, 4.69) is 21.2 Å². The van der Waals surface area contributed by atoms with E-state index < -0.39 is 12.0 Å². The molecule has 0 aliphatic carbocycles. The molecule has 0 heterocycles. The molecule has 5 heteroatoms. The molecule has 0 fully saturated rings. The summed E-state index contributed by atoms with van der Waals surface area (Å²) in [5.41, 5.74) is 0.544. The summed E-state index contributed by atoms with van der Waals surface area (Å²) in [6.07, 6.45) is 0. The molecule has 1 N–H and O–H groups in total.